The van der Waals surface area contributed by atoms with Crippen LogP contribution < -0.4 is 9.79 Å². The summed E-state index contributed by atoms with van der Waals surface area (Å²) in [6, 6.07) is 0. The van der Waals surface area contributed by atoms with Crippen LogP contribution in [0.25, 0.3) is 0 Å². The Morgan fingerprint density at radius 2 is 1.80 bits per heavy atom. The summed E-state index contributed by atoms with van der Waals surface area (Å²) in [6.07, 6.45) is 3.65. The molecule has 0 fully saturated rings. The van der Waals surface area contributed by atoms with Gasteiger partial charge in [-0.1, -0.05) is 24.3 Å². The van der Waals surface area contributed by atoms with Gasteiger partial charge in [0.1, 0.15) is 0 Å². The molecule has 5 heteroatoms. The van der Waals surface area contributed by atoms with Crippen LogP contribution in [0.5, 0.6) is 0 Å². The number of hydrogen-bond donors (Lipinski definition) is 0. The minimum atomic E-state index is -3.37. The van der Waals surface area contributed by atoms with Gasteiger partial charge in [-0.05, 0) is 0 Å². The average Bonchev–Trinajstić information content (AvgIpc) is 1.66. The summed E-state index contributed by atoms with van der Waals surface area (Å²) in [5.41, 5.74) is 0. The molecule has 0 saturated heterocycles. The first-order chi connectivity index (χ1) is 4.15. The van der Waals surface area contributed by atoms with Crippen molar-refractivity contribution in [3.8, 4) is 0 Å². The van der Waals surface area contributed by atoms with Gasteiger partial charge >= 0.3 is 16.5 Å². The second-order valence-corrected chi connectivity index (χ2v) is 1.88. The van der Waals surface area contributed by atoms with Crippen LogP contribution in [-0.4, -0.2) is 0 Å². The summed E-state index contributed by atoms with van der Waals surface area (Å²) in [5, 5.41) is 0. The fraction of sp³-hybridized carbons (Fsp3) is 0.800. The van der Waals surface area contributed by atoms with Crippen molar-refractivity contribution in [2.45, 2.75) is 26.2 Å². The SMILES string of the molecule is O=[P+]([O-])[O-].[CH2-]CCCC.[Ni+3]. The summed E-state index contributed by atoms with van der Waals surface area (Å²) in [6.45, 7) is 5.85. The normalized spacial score (nSPS) is 6.80. The predicted molar refractivity (Wildman–Crippen MR) is 32.5 cm³/mol. The van der Waals surface area contributed by atoms with E-state index >= 15 is 0 Å². The van der Waals surface area contributed by atoms with Crippen LogP contribution in [0.2, 0.25) is 0 Å². The molecule has 0 atom stereocenters. The minimum Gasteiger partial charge on any atom is -0.598 e. The Labute approximate surface area is 72.7 Å². The Bertz CT molecular complexity index is 63.9. The third-order valence-corrected chi connectivity index (χ3v) is 0.604. The standard InChI is InChI=1S/C5H11.Ni.HO3P/c1-3-5-4-2;;1-4(2)3/h1,3-5H2,2H3;;(H,1,2,3)/q-1;+3;/p-1. The monoisotopic (exact) mass is 208 g/mol. The quantitative estimate of drug-likeness (QED) is 0.374. The second-order valence-electron chi connectivity index (χ2n) is 1.43. The van der Waals surface area contributed by atoms with Crippen molar-refractivity contribution in [1.29, 1.82) is 0 Å². The van der Waals surface area contributed by atoms with Gasteiger partial charge in [-0.3, -0.25) is 0 Å². The van der Waals surface area contributed by atoms with Crippen LogP contribution in [0.4, 0.5) is 0 Å². The van der Waals surface area contributed by atoms with Gasteiger partial charge < -0.3 is 16.7 Å². The van der Waals surface area contributed by atoms with Crippen molar-refractivity contribution >= 4 is 8.25 Å². The molecule has 0 bridgehead atoms. The minimum absolute atomic E-state index is 0. The van der Waals surface area contributed by atoms with Gasteiger partial charge in [0.15, 0.2) is 0 Å². The zero-order valence-corrected chi connectivity index (χ0v) is 7.70. The van der Waals surface area contributed by atoms with E-state index in [4.69, 9.17) is 14.4 Å². The van der Waals surface area contributed by atoms with Gasteiger partial charge in [0.2, 0.25) is 0 Å². The molecular weight excluding hydrogens is 198 g/mol. The molecule has 63 valence electrons. The molecule has 0 aliphatic carbocycles. The molecule has 0 heterocycles. The molecule has 3 nitrogen and oxygen atoms in total. The fourth-order valence-corrected chi connectivity index (χ4v) is 0.250. The van der Waals surface area contributed by atoms with Crippen molar-refractivity contribution in [3.05, 3.63) is 6.92 Å². The zero-order chi connectivity index (χ0) is 7.70. The van der Waals surface area contributed by atoms with Crippen LogP contribution in [0, 0.1) is 6.92 Å². The van der Waals surface area contributed by atoms with E-state index in [1.165, 1.54) is 12.8 Å². The van der Waals surface area contributed by atoms with Crippen molar-refractivity contribution in [1.82, 2.24) is 0 Å². The van der Waals surface area contributed by atoms with Crippen LogP contribution in [0.1, 0.15) is 26.2 Å². The van der Waals surface area contributed by atoms with Crippen LogP contribution >= 0.6 is 8.25 Å². The Hall–Kier alpha value is 0.514. The number of rotatable bonds is 2. The smallest absolute Gasteiger partial charge is 0.598 e. The van der Waals surface area contributed by atoms with E-state index in [1.807, 2.05) is 0 Å². The molecule has 0 rings (SSSR count). The van der Waals surface area contributed by atoms with Crippen molar-refractivity contribution in [3.63, 3.8) is 0 Å². The summed E-state index contributed by atoms with van der Waals surface area (Å²) in [4.78, 5) is 17.0. The largest absolute Gasteiger partial charge is 3.00 e. The Morgan fingerprint density at radius 3 is 1.80 bits per heavy atom. The maximum atomic E-state index is 8.48. The van der Waals surface area contributed by atoms with E-state index in [-0.39, 0.29) is 16.5 Å². The fourth-order valence-electron chi connectivity index (χ4n) is 0.250. The Morgan fingerprint density at radius 1 is 1.50 bits per heavy atom. The Balaban J connectivity index is -0.0000000910. The third-order valence-electron chi connectivity index (χ3n) is 0.604. The van der Waals surface area contributed by atoms with Crippen molar-refractivity contribution in [2.75, 3.05) is 0 Å². The molecule has 0 amide bonds. The van der Waals surface area contributed by atoms with Gasteiger partial charge in [0, 0.05) is 0 Å². The molecule has 0 aliphatic heterocycles. The van der Waals surface area contributed by atoms with Crippen LogP contribution in [-0.2, 0) is 21.1 Å². The first kappa shape index (κ1) is 16.9. The molecule has 0 unspecified atom stereocenters. The Kier molecular flexibility index (Phi) is 27.4. The zero-order valence-electron chi connectivity index (χ0n) is 5.82. The molecule has 0 aromatic rings. The average molecular weight is 209 g/mol. The molecule has 0 aromatic carbocycles. The van der Waals surface area contributed by atoms with E-state index < -0.39 is 8.25 Å². The molecular formula is C5H11NiO3P+. The van der Waals surface area contributed by atoms with Gasteiger partial charge in [0.05, 0.1) is 0 Å². The van der Waals surface area contributed by atoms with E-state index in [2.05, 4.69) is 13.8 Å². The van der Waals surface area contributed by atoms with Gasteiger partial charge in [-0.25, -0.2) is 0 Å². The second kappa shape index (κ2) is 16.3. The first-order valence-corrected chi connectivity index (χ1v) is 3.85. The van der Waals surface area contributed by atoms with E-state index in [0.29, 0.717) is 0 Å². The summed E-state index contributed by atoms with van der Waals surface area (Å²) in [5.74, 6) is 0. The first-order valence-electron chi connectivity index (χ1n) is 2.75. The topological polar surface area (TPSA) is 63.2 Å². The van der Waals surface area contributed by atoms with Gasteiger partial charge in [-0.2, -0.15) is 6.42 Å². The maximum Gasteiger partial charge on any atom is 3.00 e. The number of unbranched alkanes of at least 4 members (excludes halogenated alkanes) is 2. The molecule has 0 saturated carbocycles. The predicted octanol–water partition coefficient (Wildman–Crippen LogP) is 0.373. The molecule has 1 radical (unpaired) electrons. The van der Waals surface area contributed by atoms with Gasteiger partial charge in [0.25, 0.3) is 8.25 Å². The summed E-state index contributed by atoms with van der Waals surface area (Å²) >= 11 is 0. The molecule has 0 N–H and O–H groups in total. The van der Waals surface area contributed by atoms with E-state index in [0.717, 1.165) is 6.42 Å². The van der Waals surface area contributed by atoms with Crippen LogP contribution in [0.15, 0.2) is 0 Å². The van der Waals surface area contributed by atoms with E-state index in [9.17, 15) is 0 Å². The summed E-state index contributed by atoms with van der Waals surface area (Å²) in [7, 11) is -3.37. The van der Waals surface area contributed by atoms with Gasteiger partial charge in [-0.15, -0.1) is 0 Å². The maximum absolute atomic E-state index is 8.48. The van der Waals surface area contributed by atoms with Crippen molar-refractivity contribution in [2.24, 2.45) is 0 Å². The molecule has 10 heavy (non-hydrogen) atoms. The number of hydrogen-bond acceptors (Lipinski definition) is 3. The van der Waals surface area contributed by atoms with Crippen molar-refractivity contribution < 1.29 is 30.8 Å². The third kappa shape index (κ3) is 76.1. The molecule has 0 aliphatic rings. The molecule has 0 spiro atoms. The molecule has 0 aromatic heterocycles. The van der Waals surface area contributed by atoms with E-state index in [1.54, 1.807) is 0 Å². The van der Waals surface area contributed by atoms with Crippen LogP contribution in [0.3, 0.4) is 0 Å². The summed E-state index contributed by atoms with van der Waals surface area (Å²) < 4.78 is 8.48.